The molecule has 9 aromatic rings. The third-order valence-corrected chi connectivity index (χ3v) is 9.52. The second kappa shape index (κ2) is 14.7. The predicted octanol–water partition coefficient (Wildman–Crippen LogP) is 12.6. The van der Waals surface area contributed by atoms with Crippen molar-refractivity contribution in [2.45, 2.75) is 0 Å². The lowest BCUT2D eigenvalue weighted by molar-refractivity contribution is 1.18. The van der Waals surface area contributed by atoms with Crippen molar-refractivity contribution in [2.75, 3.05) is 0 Å². The summed E-state index contributed by atoms with van der Waals surface area (Å²) in [7, 11) is 0. The molecule has 0 aliphatic heterocycles. The monoisotopic (exact) mass is 690 g/mol. The van der Waals surface area contributed by atoms with Crippen molar-refractivity contribution in [2.24, 2.45) is 0 Å². The number of benzene rings is 7. The van der Waals surface area contributed by atoms with E-state index in [4.69, 9.17) is 19.9 Å². The van der Waals surface area contributed by atoms with Crippen molar-refractivity contribution in [3.8, 4) is 90.1 Å². The van der Waals surface area contributed by atoms with Crippen molar-refractivity contribution < 1.29 is 0 Å². The van der Waals surface area contributed by atoms with Gasteiger partial charge in [-0.2, -0.15) is 0 Å². The Bertz CT molecular complexity index is 2600. The third-order valence-electron chi connectivity index (χ3n) is 9.52. The number of rotatable bonds is 8. The summed E-state index contributed by atoms with van der Waals surface area (Å²) in [5.41, 5.74) is 14.4. The maximum atomic E-state index is 5.41. The zero-order valence-corrected chi connectivity index (χ0v) is 29.4. The highest BCUT2D eigenvalue weighted by Crippen LogP contribution is 2.38. The van der Waals surface area contributed by atoms with Crippen molar-refractivity contribution in [1.29, 1.82) is 0 Å². The van der Waals surface area contributed by atoms with Crippen molar-refractivity contribution in [3.63, 3.8) is 0 Å². The van der Waals surface area contributed by atoms with Crippen LogP contribution in [0.25, 0.3) is 90.1 Å². The second-order valence-corrected chi connectivity index (χ2v) is 13.1. The lowest BCUT2D eigenvalue weighted by Gasteiger charge is -2.16. The molecular weight excluding hydrogens is 657 g/mol. The van der Waals surface area contributed by atoms with Crippen LogP contribution in [0.15, 0.2) is 206 Å². The lowest BCUT2D eigenvalue weighted by Crippen LogP contribution is -2.00. The predicted molar refractivity (Wildman–Crippen MR) is 221 cm³/mol. The molecule has 0 fully saturated rings. The van der Waals surface area contributed by atoms with Crippen LogP contribution in [0.4, 0.5) is 0 Å². The zero-order chi connectivity index (χ0) is 36.1. The third kappa shape index (κ3) is 6.72. The van der Waals surface area contributed by atoms with Gasteiger partial charge in [0.25, 0.3) is 0 Å². The van der Waals surface area contributed by atoms with Crippen LogP contribution in [0.3, 0.4) is 0 Å². The van der Waals surface area contributed by atoms with E-state index >= 15 is 0 Å². The number of aromatic nitrogens is 4. The maximum Gasteiger partial charge on any atom is 0.160 e. The van der Waals surface area contributed by atoms with Gasteiger partial charge in [0.15, 0.2) is 5.82 Å². The Kier molecular flexibility index (Phi) is 8.90. The van der Waals surface area contributed by atoms with Crippen LogP contribution < -0.4 is 0 Å². The molecule has 7 aromatic carbocycles. The van der Waals surface area contributed by atoms with E-state index in [1.54, 1.807) is 0 Å². The summed E-state index contributed by atoms with van der Waals surface area (Å²) in [5.74, 6) is 0.684. The van der Waals surface area contributed by atoms with Crippen LogP contribution in [0.5, 0.6) is 0 Å². The Morgan fingerprint density at radius 3 is 0.926 bits per heavy atom. The molecule has 0 amide bonds. The minimum Gasteiger partial charge on any atom is -0.243 e. The Morgan fingerprint density at radius 1 is 0.204 bits per heavy atom. The lowest BCUT2D eigenvalue weighted by atomic mass is 9.97. The van der Waals surface area contributed by atoms with E-state index in [1.165, 1.54) is 0 Å². The summed E-state index contributed by atoms with van der Waals surface area (Å²) < 4.78 is 0. The van der Waals surface area contributed by atoms with Gasteiger partial charge in [0.1, 0.15) is 0 Å². The molecule has 0 saturated heterocycles. The van der Waals surface area contributed by atoms with Gasteiger partial charge in [0.2, 0.25) is 0 Å². The highest BCUT2D eigenvalue weighted by Gasteiger charge is 2.19. The molecule has 0 atom stereocenters. The van der Waals surface area contributed by atoms with Crippen LogP contribution in [0.2, 0.25) is 0 Å². The highest BCUT2D eigenvalue weighted by molar-refractivity contribution is 5.87. The molecular formula is C50H34N4. The van der Waals surface area contributed by atoms with E-state index in [9.17, 15) is 0 Å². The standard InChI is InChI=1S/C50H34N4/c1-6-17-36(18-7-1)44-34-45(37-19-8-2-9-20-37)52-50(51-44)43-28-16-27-42(33-43)35-29-31-41(32-30-35)49-48(40-25-14-5-15-26-40)53-46(38-21-10-3-11-22-38)47(54-49)39-23-12-4-13-24-39/h1-34H. The van der Waals surface area contributed by atoms with E-state index in [-0.39, 0.29) is 0 Å². The largest absolute Gasteiger partial charge is 0.243 e. The number of hydrogen-bond acceptors (Lipinski definition) is 4. The molecule has 0 aliphatic rings. The van der Waals surface area contributed by atoms with Crippen molar-refractivity contribution in [3.05, 3.63) is 206 Å². The molecule has 0 unspecified atom stereocenters. The molecule has 4 nitrogen and oxygen atoms in total. The molecule has 0 N–H and O–H groups in total. The smallest absolute Gasteiger partial charge is 0.160 e. The Labute approximate surface area is 315 Å². The minimum absolute atomic E-state index is 0.684. The molecule has 254 valence electrons. The molecule has 2 heterocycles. The normalized spacial score (nSPS) is 11.0. The van der Waals surface area contributed by atoms with Gasteiger partial charge in [0.05, 0.1) is 34.2 Å². The summed E-state index contributed by atoms with van der Waals surface area (Å²) >= 11 is 0. The topological polar surface area (TPSA) is 51.6 Å². The van der Waals surface area contributed by atoms with E-state index in [1.807, 2.05) is 91.0 Å². The Hall–Kier alpha value is -7.30. The summed E-state index contributed by atoms with van der Waals surface area (Å²) in [6.07, 6.45) is 0. The maximum absolute atomic E-state index is 5.41. The molecule has 2 aromatic heterocycles. The van der Waals surface area contributed by atoms with Crippen LogP contribution in [-0.4, -0.2) is 19.9 Å². The van der Waals surface area contributed by atoms with Gasteiger partial charge in [-0.3, -0.25) is 0 Å². The molecule has 0 radical (unpaired) electrons. The molecule has 0 saturated carbocycles. The minimum atomic E-state index is 0.684. The average Bonchev–Trinajstić information content (AvgIpc) is 3.27. The van der Waals surface area contributed by atoms with Gasteiger partial charge < -0.3 is 0 Å². The van der Waals surface area contributed by atoms with Crippen molar-refractivity contribution in [1.82, 2.24) is 19.9 Å². The van der Waals surface area contributed by atoms with Gasteiger partial charge in [0, 0.05) is 38.9 Å². The fraction of sp³-hybridized carbons (Fsp3) is 0. The van der Waals surface area contributed by atoms with E-state index < -0.39 is 0 Å². The molecule has 0 bridgehead atoms. The van der Waals surface area contributed by atoms with Gasteiger partial charge in [-0.05, 0) is 23.3 Å². The van der Waals surface area contributed by atoms with Gasteiger partial charge >= 0.3 is 0 Å². The zero-order valence-electron chi connectivity index (χ0n) is 29.4. The molecule has 0 spiro atoms. The second-order valence-electron chi connectivity index (χ2n) is 13.1. The van der Waals surface area contributed by atoms with Gasteiger partial charge in [-0.25, -0.2) is 19.9 Å². The number of hydrogen-bond donors (Lipinski definition) is 0. The highest BCUT2D eigenvalue weighted by atomic mass is 14.9. The summed E-state index contributed by atoms with van der Waals surface area (Å²) in [6.45, 7) is 0. The fourth-order valence-electron chi connectivity index (χ4n) is 6.78. The van der Waals surface area contributed by atoms with Crippen LogP contribution in [0.1, 0.15) is 0 Å². The van der Waals surface area contributed by atoms with E-state index in [0.29, 0.717) is 5.82 Å². The Balaban J connectivity index is 1.13. The molecule has 54 heavy (non-hydrogen) atoms. The average molecular weight is 691 g/mol. The summed E-state index contributed by atoms with van der Waals surface area (Å²) in [4.78, 5) is 20.9. The first-order chi connectivity index (χ1) is 26.8. The van der Waals surface area contributed by atoms with Crippen LogP contribution >= 0.6 is 0 Å². The molecule has 4 heteroatoms. The Morgan fingerprint density at radius 2 is 0.519 bits per heavy atom. The first kappa shape index (κ1) is 32.6. The SMILES string of the molecule is c1ccc(-c2cc(-c3ccccc3)nc(-c3cccc(-c4ccc(-c5nc(-c6ccccc6)c(-c6ccccc6)nc5-c5ccccc5)cc4)c3)n2)cc1. The molecule has 9 rings (SSSR count). The van der Waals surface area contributed by atoms with Gasteiger partial charge in [-0.15, -0.1) is 0 Å². The quantitative estimate of drug-likeness (QED) is 0.159. The van der Waals surface area contributed by atoms with Gasteiger partial charge in [-0.1, -0.05) is 194 Å². The first-order valence-electron chi connectivity index (χ1n) is 18.1. The van der Waals surface area contributed by atoms with E-state index in [0.717, 1.165) is 84.2 Å². The summed E-state index contributed by atoms with van der Waals surface area (Å²) in [6, 6.07) is 70.7. The first-order valence-corrected chi connectivity index (χ1v) is 18.1. The van der Waals surface area contributed by atoms with Crippen LogP contribution in [-0.2, 0) is 0 Å². The van der Waals surface area contributed by atoms with Crippen LogP contribution in [0, 0.1) is 0 Å². The van der Waals surface area contributed by atoms with Crippen molar-refractivity contribution >= 4 is 0 Å². The summed E-state index contributed by atoms with van der Waals surface area (Å²) in [5, 5.41) is 0. The fourth-order valence-corrected chi connectivity index (χ4v) is 6.78. The molecule has 0 aliphatic carbocycles. The number of nitrogens with zero attached hydrogens (tertiary/aromatic N) is 4. The van der Waals surface area contributed by atoms with E-state index in [2.05, 4.69) is 115 Å².